The van der Waals surface area contributed by atoms with E-state index in [2.05, 4.69) is 51.4 Å². The lowest BCUT2D eigenvalue weighted by molar-refractivity contribution is 1.00. The molecule has 0 aliphatic heterocycles. The van der Waals surface area contributed by atoms with Crippen LogP contribution in [-0.2, 0) is 5.75 Å². The van der Waals surface area contributed by atoms with E-state index in [1.54, 1.807) is 16.8 Å². The minimum absolute atomic E-state index is 0.0854. The van der Waals surface area contributed by atoms with E-state index in [0.29, 0.717) is 17.0 Å². The van der Waals surface area contributed by atoms with E-state index in [1.807, 2.05) is 6.92 Å². The number of aryl methyl sites for hydroxylation is 2. The van der Waals surface area contributed by atoms with Gasteiger partial charge < -0.3 is 4.98 Å². The summed E-state index contributed by atoms with van der Waals surface area (Å²) >= 11 is 4.57. The number of thiophene rings is 1. The van der Waals surface area contributed by atoms with Crippen molar-refractivity contribution in [3.63, 3.8) is 0 Å². The Labute approximate surface area is 156 Å². The molecule has 0 bridgehead atoms. The zero-order chi connectivity index (χ0) is 17.4. The molecule has 25 heavy (non-hydrogen) atoms. The Morgan fingerprint density at radius 1 is 1.20 bits per heavy atom. The number of hydrogen-bond acceptors (Lipinski definition) is 7. The Morgan fingerprint density at radius 2 is 2.00 bits per heavy atom. The number of nitrogens with zero attached hydrogens (tertiary/aromatic N) is 3. The van der Waals surface area contributed by atoms with Crippen LogP contribution >= 0.6 is 34.4 Å². The highest BCUT2D eigenvalue weighted by molar-refractivity contribution is 8.00. The molecule has 5 nitrogen and oxygen atoms in total. The highest BCUT2D eigenvalue weighted by atomic mass is 32.2. The second-order valence-corrected chi connectivity index (χ2v) is 8.84. The van der Waals surface area contributed by atoms with E-state index in [0.717, 1.165) is 25.2 Å². The number of aromatic nitrogens is 4. The fraction of sp³-hybridized carbons (Fsp3) is 0.176. The average molecular weight is 387 g/mol. The predicted octanol–water partition coefficient (Wildman–Crippen LogP) is 4.41. The van der Waals surface area contributed by atoms with Crippen LogP contribution in [0.3, 0.4) is 0 Å². The second-order valence-electron chi connectivity index (χ2n) is 5.59. The maximum atomic E-state index is 12.7. The number of H-pyrrole nitrogens is 1. The molecule has 3 heterocycles. The second kappa shape index (κ2) is 6.70. The smallest absolute Gasteiger partial charge is 0.260 e. The molecule has 3 aromatic heterocycles. The number of hydrogen-bond donors (Lipinski definition) is 1. The van der Waals surface area contributed by atoms with Gasteiger partial charge in [0.1, 0.15) is 16.2 Å². The van der Waals surface area contributed by atoms with Gasteiger partial charge in [0.15, 0.2) is 4.34 Å². The summed E-state index contributed by atoms with van der Waals surface area (Å²) in [5.74, 6) is 1.23. The van der Waals surface area contributed by atoms with Gasteiger partial charge in [-0.25, -0.2) is 4.98 Å². The summed E-state index contributed by atoms with van der Waals surface area (Å²) < 4.78 is 0.866. The summed E-state index contributed by atoms with van der Waals surface area (Å²) in [7, 11) is 0. The molecule has 0 amide bonds. The van der Waals surface area contributed by atoms with Crippen LogP contribution in [0.5, 0.6) is 0 Å². The van der Waals surface area contributed by atoms with Crippen LogP contribution < -0.4 is 5.56 Å². The largest absolute Gasteiger partial charge is 0.309 e. The minimum Gasteiger partial charge on any atom is -0.309 e. The first-order valence-electron chi connectivity index (χ1n) is 7.60. The molecule has 4 rings (SSSR count). The van der Waals surface area contributed by atoms with Crippen LogP contribution in [0.15, 0.2) is 38.9 Å². The third kappa shape index (κ3) is 3.24. The maximum Gasteiger partial charge on any atom is 0.260 e. The standard InChI is InChI=1S/C17H14N4OS3/c1-9-3-5-11(6-4-9)13-10(2)25-16-14(13)15(22)19-12(20-16)7-23-17-21-18-8-24-17/h3-6,8H,7H2,1-2H3,(H,19,20,22). The third-order valence-corrected chi connectivity index (χ3v) is 6.67. The van der Waals surface area contributed by atoms with Gasteiger partial charge in [-0.05, 0) is 19.4 Å². The van der Waals surface area contributed by atoms with Gasteiger partial charge in [-0.1, -0.05) is 52.9 Å². The lowest BCUT2D eigenvalue weighted by Crippen LogP contribution is -2.10. The van der Waals surface area contributed by atoms with Gasteiger partial charge >= 0.3 is 0 Å². The summed E-state index contributed by atoms with van der Waals surface area (Å²) in [6.45, 7) is 4.09. The Morgan fingerprint density at radius 3 is 2.72 bits per heavy atom. The molecule has 0 aliphatic carbocycles. The first-order chi connectivity index (χ1) is 12.1. The van der Waals surface area contributed by atoms with Crippen molar-refractivity contribution in [1.29, 1.82) is 0 Å². The molecule has 0 aliphatic rings. The van der Waals surface area contributed by atoms with E-state index in [-0.39, 0.29) is 5.56 Å². The average Bonchev–Trinajstić information content (AvgIpc) is 3.21. The van der Waals surface area contributed by atoms with Crippen molar-refractivity contribution in [1.82, 2.24) is 20.2 Å². The van der Waals surface area contributed by atoms with Gasteiger partial charge in [-0.2, -0.15) is 0 Å². The van der Waals surface area contributed by atoms with Gasteiger partial charge in [0, 0.05) is 10.4 Å². The number of aromatic amines is 1. The molecule has 0 unspecified atom stereocenters. The molecule has 0 atom stereocenters. The van der Waals surface area contributed by atoms with Crippen LogP contribution in [0.2, 0.25) is 0 Å². The van der Waals surface area contributed by atoms with Crippen molar-refractivity contribution in [2.24, 2.45) is 0 Å². The molecule has 0 spiro atoms. The monoisotopic (exact) mass is 386 g/mol. The quantitative estimate of drug-likeness (QED) is 0.526. The number of thioether (sulfide) groups is 1. The fourth-order valence-corrected chi connectivity index (χ4v) is 5.08. The van der Waals surface area contributed by atoms with Crippen molar-refractivity contribution in [2.75, 3.05) is 0 Å². The van der Waals surface area contributed by atoms with Crippen molar-refractivity contribution >= 4 is 44.7 Å². The van der Waals surface area contributed by atoms with Crippen LogP contribution in [-0.4, -0.2) is 20.2 Å². The predicted molar refractivity (Wildman–Crippen MR) is 105 cm³/mol. The molecule has 0 fully saturated rings. The van der Waals surface area contributed by atoms with E-state index in [9.17, 15) is 4.79 Å². The number of rotatable bonds is 4. The SMILES string of the molecule is Cc1ccc(-c2c(C)sc3nc(CSc4nncs4)[nH]c(=O)c23)cc1. The van der Waals surface area contributed by atoms with Gasteiger partial charge in [0.2, 0.25) is 0 Å². The zero-order valence-electron chi connectivity index (χ0n) is 13.6. The molecule has 8 heteroatoms. The third-order valence-electron chi connectivity index (χ3n) is 3.80. The van der Waals surface area contributed by atoms with Crippen LogP contribution in [0.1, 0.15) is 16.3 Å². The lowest BCUT2D eigenvalue weighted by Gasteiger charge is -2.03. The Bertz CT molecular complexity index is 1080. The summed E-state index contributed by atoms with van der Waals surface area (Å²) in [4.78, 5) is 22.2. The van der Waals surface area contributed by atoms with Crippen LogP contribution in [0, 0.1) is 13.8 Å². The number of benzene rings is 1. The molecule has 0 saturated heterocycles. The maximum absolute atomic E-state index is 12.7. The Kier molecular flexibility index (Phi) is 4.41. The lowest BCUT2D eigenvalue weighted by atomic mass is 10.0. The van der Waals surface area contributed by atoms with Gasteiger partial charge in [-0.3, -0.25) is 4.79 Å². The highest BCUT2D eigenvalue weighted by Gasteiger charge is 2.16. The first-order valence-corrected chi connectivity index (χ1v) is 10.3. The first kappa shape index (κ1) is 16.4. The molecule has 0 radical (unpaired) electrons. The van der Waals surface area contributed by atoms with Crippen molar-refractivity contribution < 1.29 is 0 Å². The van der Waals surface area contributed by atoms with Gasteiger partial charge in [0.25, 0.3) is 5.56 Å². The number of nitrogens with one attached hydrogen (secondary N) is 1. The molecular formula is C17H14N4OS3. The summed E-state index contributed by atoms with van der Waals surface area (Å²) in [5.41, 5.74) is 4.84. The molecule has 4 aromatic rings. The summed E-state index contributed by atoms with van der Waals surface area (Å²) in [6.07, 6.45) is 0. The van der Waals surface area contributed by atoms with Gasteiger partial charge in [0.05, 0.1) is 11.1 Å². The highest BCUT2D eigenvalue weighted by Crippen LogP contribution is 2.35. The molecule has 1 aromatic carbocycles. The molecule has 126 valence electrons. The van der Waals surface area contributed by atoms with Crippen molar-refractivity contribution in [3.8, 4) is 11.1 Å². The Hall–Kier alpha value is -2.03. The minimum atomic E-state index is -0.0854. The molecular weight excluding hydrogens is 372 g/mol. The van der Waals surface area contributed by atoms with Crippen molar-refractivity contribution in [3.05, 3.63) is 56.4 Å². The van der Waals surface area contributed by atoms with Crippen molar-refractivity contribution in [2.45, 2.75) is 23.9 Å². The zero-order valence-corrected chi connectivity index (χ0v) is 16.0. The van der Waals surface area contributed by atoms with Gasteiger partial charge in [-0.15, -0.1) is 21.5 Å². The van der Waals surface area contributed by atoms with E-state index >= 15 is 0 Å². The van der Waals surface area contributed by atoms with Crippen LogP contribution in [0.4, 0.5) is 0 Å². The van der Waals surface area contributed by atoms with Crippen LogP contribution in [0.25, 0.3) is 21.3 Å². The van der Waals surface area contributed by atoms with E-state index < -0.39 is 0 Å². The fourth-order valence-electron chi connectivity index (χ4n) is 2.66. The van der Waals surface area contributed by atoms with E-state index in [1.165, 1.54) is 28.7 Å². The summed E-state index contributed by atoms with van der Waals surface area (Å²) in [5, 5.41) is 8.49. The molecule has 1 N–H and O–H groups in total. The number of fused-ring (bicyclic) bond motifs is 1. The topological polar surface area (TPSA) is 71.5 Å². The summed E-state index contributed by atoms with van der Waals surface area (Å²) in [6, 6.07) is 8.24. The van der Waals surface area contributed by atoms with E-state index in [4.69, 9.17) is 0 Å². The molecule has 0 saturated carbocycles. The Balaban J connectivity index is 1.75. The normalized spacial score (nSPS) is 11.3.